The molecule has 3 heterocycles. The molecule has 0 saturated heterocycles. The normalized spacial score (nSPS) is 11.3. The number of hydrogen-bond donors (Lipinski definition) is 0. The zero-order valence-corrected chi connectivity index (χ0v) is 33.8. The van der Waals surface area contributed by atoms with Crippen LogP contribution in [0.4, 0.5) is 0 Å². The molecule has 61 heavy (non-hydrogen) atoms. The molecule has 0 spiro atoms. The van der Waals surface area contributed by atoms with Crippen LogP contribution in [-0.4, -0.2) is 19.9 Å². The number of nitrogens with zero attached hydrogens (tertiary/aromatic N) is 4. The molecule has 0 bridgehead atoms. The summed E-state index contributed by atoms with van der Waals surface area (Å²) in [6, 6.07) is 76.2. The van der Waals surface area contributed by atoms with Gasteiger partial charge in [0.05, 0.1) is 22.8 Å². The Morgan fingerprint density at radius 3 is 1.15 bits per heavy atom. The van der Waals surface area contributed by atoms with Gasteiger partial charge in [-0.15, -0.1) is 11.3 Å². The minimum Gasteiger partial charge on any atom is -0.228 e. The fourth-order valence-electron chi connectivity index (χ4n) is 8.05. The zero-order valence-electron chi connectivity index (χ0n) is 33.0. The number of aromatic nitrogens is 4. The highest BCUT2D eigenvalue weighted by molar-refractivity contribution is 7.26. The fourth-order valence-corrected chi connectivity index (χ4v) is 9.33. The predicted molar refractivity (Wildman–Crippen MR) is 254 cm³/mol. The minimum atomic E-state index is 0.699. The van der Waals surface area contributed by atoms with Crippen molar-refractivity contribution in [1.29, 1.82) is 0 Å². The smallest absolute Gasteiger partial charge is 0.160 e. The summed E-state index contributed by atoms with van der Waals surface area (Å²) in [7, 11) is 0. The van der Waals surface area contributed by atoms with Crippen molar-refractivity contribution in [3.63, 3.8) is 0 Å². The Balaban J connectivity index is 0.967. The predicted octanol–water partition coefficient (Wildman–Crippen LogP) is 15.0. The molecule has 0 fully saturated rings. The summed E-state index contributed by atoms with van der Waals surface area (Å²) in [5.41, 5.74) is 14.4. The van der Waals surface area contributed by atoms with Crippen LogP contribution < -0.4 is 0 Å². The molecule has 3 aromatic heterocycles. The van der Waals surface area contributed by atoms with E-state index in [1.165, 1.54) is 25.7 Å². The van der Waals surface area contributed by atoms with Crippen LogP contribution in [0, 0.1) is 0 Å². The van der Waals surface area contributed by atoms with Gasteiger partial charge in [0.25, 0.3) is 0 Å². The molecule has 0 N–H and O–H groups in total. The van der Waals surface area contributed by atoms with Crippen LogP contribution in [0.15, 0.2) is 218 Å². The van der Waals surface area contributed by atoms with E-state index in [2.05, 4.69) is 146 Å². The third kappa shape index (κ3) is 7.18. The maximum absolute atomic E-state index is 5.12. The Hall–Kier alpha value is -7.86. The SMILES string of the molecule is c1ccc(-c2cc(-c3ccccc3)nc(-c3cccc(-c4ccc5c(c4)sc4c(-c6cccc(-c7nc(-c8ccccc8)cc(-c8ccccc8)n7)c6)cccc45)c3)n2)cc1. The Morgan fingerprint density at radius 1 is 0.262 bits per heavy atom. The Morgan fingerprint density at radius 2 is 0.656 bits per heavy atom. The molecule has 0 unspecified atom stereocenters. The van der Waals surface area contributed by atoms with Crippen molar-refractivity contribution in [3.8, 4) is 90.1 Å². The Kier molecular flexibility index (Phi) is 9.34. The van der Waals surface area contributed by atoms with Gasteiger partial charge >= 0.3 is 0 Å². The molecule has 0 radical (unpaired) electrons. The number of thiophene rings is 1. The summed E-state index contributed by atoms with van der Waals surface area (Å²) >= 11 is 1.84. The lowest BCUT2D eigenvalue weighted by atomic mass is 9.99. The molecule has 5 heteroatoms. The lowest BCUT2D eigenvalue weighted by Crippen LogP contribution is -1.96. The maximum Gasteiger partial charge on any atom is 0.160 e. The largest absolute Gasteiger partial charge is 0.228 e. The number of benzene rings is 8. The fraction of sp³-hybridized carbons (Fsp3) is 0. The van der Waals surface area contributed by atoms with Gasteiger partial charge in [0.1, 0.15) is 0 Å². The number of fused-ring (bicyclic) bond motifs is 3. The van der Waals surface area contributed by atoms with Crippen LogP contribution in [-0.2, 0) is 0 Å². The van der Waals surface area contributed by atoms with E-state index in [1.54, 1.807) is 0 Å². The number of rotatable bonds is 8. The van der Waals surface area contributed by atoms with Crippen LogP contribution >= 0.6 is 11.3 Å². The van der Waals surface area contributed by atoms with E-state index in [4.69, 9.17) is 19.9 Å². The Labute approximate surface area is 358 Å². The molecule has 8 aromatic carbocycles. The van der Waals surface area contributed by atoms with E-state index >= 15 is 0 Å². The molecule has 11 rings (SSSR count). The quantitative estimate of drug-likeness (QED) is 0.154. The third-order valence-electron chi connectivity index (χ3n) is 11.1. The average molecular weight is 797 g/mol. The molecule has 4 nitrogen and oxygen atoms in total. The van der Waals surface area contributed by atoms with E-state index in [9.17, 15) is 0 Å². The summed E-state index contributed by atoms with van der Waals surface area (Å²) in [4.78, 5) is 20.4. The highest BCUT2D eigenvalue weighted by atomic mass is 32.1. The second kappa shape index (κ2) is 15.7. The zero-order chi connectivity index (χ0) is 40.5. The lowest BCUT2D eigenvalue weighted by molar-refractivity contribution is 1.18. The van der Waals surface area contributed by atoms with Crippen molar-refractivity contribution >= 4 is 31.5 Å². The van der Waals surface area contributed by atoms with Gasteiger partial charge in [-0.3, -0.25) is 0 Å². The topological polar surface area (TPSA) is 51.6 Å². The molecule has 11 aromatic rings. The molecule has 0 aliphatic rings. The van der Waals surface area contributed by atoms with Crippen molar-refractivity contribution < 1.29 is 0 Å². The van der Waals surface area contributed by atoms with Gasteiger partial charge in [-0.2, -0.15) is 0 Å². The van der Waals surface area contributed by atoms with E-state index in [-0.39, 0.29) is 0 Å². The van der Waals surface area contributed by atoms with Gasteiger partial charge < -0.3 is 0 Å². The van der Waals surface area contributed by atoms with E-state index < -0.39 is 0 Å². The van der Waals surface area contributed by atoms with Crippen molar-refractivity contribution in [2.75, 3.05) is 0 Å². The Bertz CT molecular complexity index is 3230. The van der Waals surface area contributed by atoms with Crippen LogP contribution in [0.3, 0.4) is 0 Å². The first-order valence-corrected chi connectivity index (χ1v) is 21.2. The van der Waals surface area contributed by atoms with Gasteiger partial charge in [0.15, 0.2) is 11.6 Å². The van der Waals surface area contributed by atoms with Crippen molar-refractivity contribution in [2.45, 2.75) is 0 Å². The van der Waals surface area contributed by atoms with E-state index in [0.717, 1.165) is 72.8 Å². The minimum absolute atomic E-state index is 0.699. The summed E-state index contributed by atoms with van der Waals surface area (Å²) in [6.07, 6.45) is 0. The lowest BCUT2D eigenvalue weighted by Gasteiger charge is -2.11. The average Bonchev–Trinajstić information content (AvgIpc) is 3.73. The van der Waals surface area contributed by atoms with Gasteiger partial charge in [-0.05, 0) is 52.6 Å². The summed E-state index contributed by atoms with van der Waals surface area (Å²) < 4.78 is 2.49. The molecular weight excluding hydrogens is 761 g/mol. The van der Waals surface area contributed by atoms with Crippen molar-refractivity contribution in [3.05, 3.63) is 218 Å². The van der Waals surface area contributed by atoms with Gasteiger partial charge in [0, 0.05) is 53.6 Å². The maximum atomic E-state index is 5.12. The first kappa shape index (κ1) is 36.2. The molecule has 0 amide bonds. The van der Waals surface area contributed by atoms with Crippen LogP contribution in [0.5, 0.6) is 0 Å². The monoisotopic (exact) mass is 796 g/mol. The first-order chi connectivity index (χ1) is 30.2. The van der Waals surface area contributed by atoms with Gasteiger partial charge in [-0.25, -0.2) is 19.9 Å². The second-order valence-electron chi connectivity index (χ2n) is 15.0. The van der Waals surface area contributed by atoms with E-state index in [1.807, 2.05) is 84.1 Å². The van der Waals surface area contributed by atoms with Gasteiger partial charge in [0.2, 0.25) is 0 Å². The molecule has 0 atom stereocenters. The van der Waals surface area contributed by atoms with Crippen molar-refractivity contribution in [1.82, 2.24) is 19.9 Å². The molecular formula is C56H36N4S. The van der Waals surface area contributed by atoms with Crippen LogP contribution in [0.25, 0.3) is 110 Å². The third-order valence-corrected chi connectivity index (χ3v) is 12.3. The highest BCUT2D eigenvalue weighted by Gasteiger charge is 2.16. The molecule has 0 saturated carbocycles. The second-order valence-corrected chi connectivity index (χ2v) is 16.1. The summed E-state index contributed by atoms with van der Waals surface area (Å²) in [6.45, 7) is 0. The number of hydrogen-bond acceptors (Lipinski definition) is 5. The summed E-state index contributed by atoms with van der Waals surface area (Å²) in [5.74, 6) is 1.40. The summed E-state index contributed by atoms with van der Waals surface area (Å²) in [5, 5.41) is 2.49. The first-order valence-electron chi connectivity index (χ1n) is 20.4. The van der Waals surface area contributed by atoms with Gasteiger partial charge in [-0.1, -0.05) is 188 Å². The van der Waals surface area contributed by atoms with E-state index in [0.29, 0.717) is 11.6 Å². The molecule has 0 aliphatic carbocycles. The van der Waals surface area contributed by atoms with Crippen LogP contribution in [0.1, 0.15) is 0 Å². The standard InChI is InChI=1S/C56H36N4S/c1-5-16-37(17-6-1)49-35-50(38-18-7-2-8-19-38)58-55(57-49)44-26-13-24-41(32-44)42-30-31-47-48-29-15-28-46(54(48)61-53(47)34-42)43-25-14-27-45(33-43)56-59-51(39-20-9-3-10-21-39)36-52(60-56)40-22-11-4-12-23-40/h1-36H. The molecule has 0 aliphatic heterocycles. The van der Waals surface area contributed by atoms with Crippen LogP contribution in [0.2, 0.25) is 0 Å². The molecule has 286 valence electrons. The van der Waals surface area contributed by atoms with Crippen molar-refractivity contribution in [2.24, 2.45) is 0 Å². The highest BCUT2D eigenvalue weighted by Crippen LogP contribution is 2.42.